The topological polar surface area (TPSA) is 41.3 Å². The van der Waals surface area contributed by atoms with Crippen LogP contribution in [0.1, 0.15) is 26.2 Å². The van der Waals surface area contributed by atoms with Crippen LogP contribution >= 0.6 is 0 Å². The molecule has 3 nitrogen and oxygen atoms in total. The SMILES string of the molecule is CC1CC(CN)(NCC2CC2)CN1C. The maximum atomic E-state index is 5.91. The summed E-state index contributed by atoms with van der Waals surface area (Å²) in [5.41, 5.74) is 6.12. The van der Waals surface area contributed by atoms with Crippen LogP contribution in [0.2, 0.25) is 0 Å². The molecule has 1 heterocycles. The predicted molar refractivity (Wildman–Crippen MR) is 59.2 cm³/mol. The highest BCUT2D eigenvalue weighted by molar-refractivity contribution is 5.01. The molecule has 82 valence electrons. The molecule has 1 saturated heterocycles. The number of rotatable bonds is 4. The number of nitrogens with zero attached hydrogens (tertiary/aromatic N) is 1. The molecule has 2 rings (SSSR count). The van der Waals surface area contributed by atoms with E-state index in [1.165, 1.54) is 25.8 Å². The van der Waals surface area contributed by atoms with Crippen LogP contribution in [0.3, 0.4) is 0 Å². The van der Waals surface area contributed by atoms with Gasteiger partial charge in [-0.2, -0.15) is 0 Å². The predicted octanol–water partition coefficient (Wildman–Crippen LogP) is 0.408. The number of nitrogens with one attached hydrogen (secondary N) is 1. The van der Waals surface area contributed by atoms with E-state index in [1.54, 1.807) is 0 Å². The van der Waals surface area contributed by atoms with Crippen molar-refractivity contribution >= 4 is 0 Å². The lowest BCUT2D eigenvalue weighted by atomic mass is 9.96. The number of likely N-dealkylation sites (N-methyl/N-ethyl adjacent to an activating group) is 1. The van der Waals surface area contributed by atoms with E-state index >= 15 is 0 Å². The van der Waals surface area contributed by atoms with E-state index in [9.17, 15) is 0 Å². The normalized spacial score (nSPS) is 39.2. The Morgan fingerprint density at radius 2 is 2.21 bits per heavy atom. The van der Waals surface area contributed by atoms with E-state index in [-0.39, 0.29) is 5.54 Å². The van der Waals surface area contributed by atoms with Gasteiger partial charge in [-0.3, -0.25) is 0 Å². The fourth-order valence-corrected chi connectivity index (χ4v) is 2.45. The van der Waals surface area contributed by atoms with Crippen LogP contribution in [0.25, 0.3) is 0 Å². The minimum atomic E-state index is 0.205. The first-order chi connectivity index (χ1) is 6.65. The largest absolute Gasteiger partial charge is 0.329 e. The molecule has 2 atom stereocenters. The Balaban J connectivity index is 1.88. The molecule has 0 spiro atoms. The molecule has 1 saturated carbocycles. The molecule has 2 unspecified atom stereocenters. The minimum Gasteiger partial charge on any atom is -0.329 e. The molecule has 1 aliphatic carbocycles. The first kappa shape index (κ1) is 10.4. The van der Waals surface area contributed by atoms with Crippen LogP contribution in [-0.4, -0.2) is 43.2 Å². The van der Waals surface area contributed by atoms with Crippen molar-refractivity contribution in [3.63, 3.8) is 0 Å². The highest BCUT2D eigenvalue weighted by atomic mass is 15.2. The Morgan fingerprint density at radius 3 is 2.64 bits per heavy atom. The van der Waals surface area contributed by atoms with Crippen LogP contribution in [0.4, 0.5) is 0 Å². The van der Waals surface area contributed by atoms with Gasteiger partial charge in [-0.25, -0.2) is 0 Å². The lowest BCUT2D eigenvalue weighted by Crippen LogP contribution is -2.53. The van der Waals surface area contributed by atoms with Crippen molar-refractivity contribution in [2.45, 2.75) is 37.8 Å². The minimum absolute atomic E-state index is 0.205. The quantitative estimate of drug-likeness (QED) is 0.686. The van der Waals surface area contributed by atoms with Crippen molar-refractivity contribution in [3.8, 4) is 0 Å². The monoisotopic (exact) mass is 197 g/mol. The highest BCUT2D eigenvalue weighted by Crippen LogP contribution is 2.30. The molecular weight excluding hydrogens is 174 g/mol. The Bertz CT molecular complexity index is 191. The Hall–Kier alpha value is -0.120. The third-order valence-electron chi connectivity index (χ3n) is 3.84. The molecule has 0 aromatic rings. The number of likely N-dealkylation sites (tertiary alicyclic amines) is 1. The van der Waals surface area contributed by atoms with Crippen LogP contribution < -0.4 is 11.1 Å². The third-order valence-corrected chi connectivity index (χ3v) is 3.84. The number of hydrogen-bond acceptors (Lipinski definition) is 3. The summed E-state index contributed by atoms with van der Waals surface area (Å²) in [5.74, 6) is 0.944. The summed E-state index contributed by atoms with van der Waals surface area (Å²) in [6.45, 7) is 5.35. The van der Waals surface area contributed by atoms with E-state index in [0.717, 1.165) is 19.0 Å². The van der Waals surface area contributed by atoms with E-state index in [2.05, 4.69) is 24.2 Å². The summed E-state index contributed by atoms with van der Waals surface area (Å²) < 4.78 is 0. The Labute approximate surface area is 87.0 Å². The van der Waals surface area contributed by atoms with Gasteiger partial charge >= 0.3 is 0 Å². The lowest BCUT2D eigenvalue weighted by molar-refractivity contribution is 0.298. The van der Waals surface area contributed by atoms with Crippen molar-refractivity contribution < 1.29 is 0 Å². The maximum Gasteiger partial charge on any atom is 0.0447 e. The average Bonchev–Trinajstić information content (AvgIpc) is 2.93. The van der Waals surface area contributed by atoms with Crippen molar-refractivity contribution in [1.82, 2.24) is 10.2 Å². The number of hydrogen-bond donors (Lipinski definition) is 2. The fraction of sp³-hybridized carbons (Fsp3) is 1.00. The van der Waals surface area contributed by atoms with Gasteiger partial charge in [0.25, 0.3) is 0 Å². The lowest BCUT2D eigenvalue weighted by Gasteiger charge is -2.29. The van der Waals surface area contributed by atoms with E-state index < -0.39 is 0 Å². The second-order valence-electron chi connectivity index (χ2n) is 5.28. The van der Waals surface area contributed by atoms with Gasteiger partial charge in [0, 0.05) is 24.7 Å². The van der Waals surface area contributed by atoms with Crippen LogP contribution in [-0.2, 0) is 0 Å². The molecule has 3 N–H and O–H groups in total. The second kappa shape index (κ2) is 3.80. The molecular formula is C11H23N3. The molecule has 1 aliphatic heterocycles. The van der Waals surface area contributed by atoms with Crippen LogP contribution in [0, 0.1) is 5.92 Å². The molecule has 0 bridgehead atoms. The third kappa shape index (κ3) is 2.10. The van der Waals surface area contributed by atoms with Crippen molar-refractivity contribution in [1.29, 1.82) is 0 Å². The Kier molecular flexibility index (Phi) is 2.82. The molecule has 0 aromatic carbocycles. The fourth-order valence-electron chi connectivity index (χ4n) is 2.45. The molecule has 2 fully saturated rings. The molecule has 2 aliphatic rings. The van der Waals surface area contributed by atoms with Crippen molar-refractivity contribution in [2.24, 2.45) is 11.7 Å². The van der Waals surface area contributed by atoms with Gasteiger partial charge in [0.05, 0.1) is 0 Å². The zero-order valence-electron chi connectivity index (χ0n) is 9.42. The smallest absolute Gasteiger partial charge is 0.0447 e. The maximum absolute atomic E-state index is 5.91. The van der Waals surface area contributed by atoms with Crippen LogP contribution in [0.15, 0.2) is 0 Å². The summed E-state index contributed by atoms with van der Waals surface area (Å²) in [5, 5.41) is 3.70. The molecule has 0 aromatic heterocycles. The van der Waals surface area contributed by atoms with Gasteiger partial charge in [0.2, 0.25) is 0 Å². The Morgan fingerprint density at radius 1 is 1.50 bits per heavy atom. The highest BCUT2D eigenvalue weighted by Gasteiger charge is 2.40. The van der Waals surface area contributed by atoms with Gasteiger partial charge in [0.1, 0.15) is 0 Å². The molecule has 3 heteroatoms. The first-order valence-corrected chi connectivity index (χ1v) is 5.80. The molecule has 0 amide bonds. The average molecular weight is 197 g/mol. The number of nitrogens with two attached hydrogens (primary N) is 1. The van der Waals surface area contributed by atoms with E-state index in [0.29, 0.717) is 6.04 Å². The van der Waals surface area contributed by atoms with Gasteiger partial charge in [0.15, 0.2) is 0 Å². The van der Waals surface area contributed by atoms with E-state index in [4.69, 9.17) is 5.73 Å². The van der Waals surface area contributed by atoms with Crippen molar-refractivity contribution in [3.05, 3.63) is 0 Å². The first-order valence-electron chi connectivity index (χ1n) is 5.80. The van der Waals surface area contributed by atoms with Crippen LogP contribution in [0.5, 0.6) is 0 Å². The second-order valence-corrected chi connectivity index (χ2v) is 5.28. The summed E-state index contributed by atoms with van der Waals surface area (Å²) in [6.07, 6.45) is 4.03. The van der Waals surface area contributed by atoms with Gasteiger partial charge in [-0.15, -0.1) is 0 Å². The molecule has 0 radical (unpaired) electrons. The van der Waals surface area contributed by atoms with E-state index in [1.807, 2.05) is 0 Å². The standard InChI is InChI=1S/C11H23N3/c1-9-5-11(7-12,8-14(9)2)13-6-10-3-4-10/h9-10,13H,3-8,12H2,1-2H3. The zero-order chi connectivity index (χ0) is 10.2. The molecule has 14 heavy (non-hydrogen) atoms. The summed E-state index contributed by atoms with van der Waals surface area (Å²) >= 11 is 0. The van der Waals surface area contributed by atoms with Gasteiger partial charge < -0.3 is 16.0 Å². The van der Waals surface area contributed by atoms with Crippen molar-refractivity contribution in [2.75, 3.05) is 26.7 Å². The van der Waals surface area contributed by atoms with Gasteiger partial charge in [-0.1, -0.05) is 0 Å². The summed E-state index contributed by atoms with van der Waals surface area (Å²) in [4.78, 5) is 2.41. The summed E-state index contributed by atoms with van der Waals surface area (Å²) in [7, 11) is 2.20. The van der Waals surface area contributed by atoms with Gasteiger partial charge in [-0.05, 0) is 45.7 Å². The summed E-state index contributed by atoms with van der Waals surface area (Å²) in [6, 6.07) is 0.672. The zero-order valence-corrected chi connectivity index (χ0v) is 9.42.